The van der Waals surface area contributed by atoms with Crippen molar-refractivity contribution in [1.29, 1.82) is 0 Å². The maximum absolute atomic E-state index is 11.6. The minimum atomic E-state index is -1.85. The molecule has 1 atom stereocenters. The first-order valence-corrected chi connectivity index (χ1v) is 11.0. The predicted octanol–water partition coefficient (Wildman–Crippen LogP) is 5.13. The van der Waals surface area contributed by atoms with E-state index in [0.29, 0.717) is 6.42 Å². The molecule has 1 aromatic carbocycles. The summed E-state index contributed by atoms with van der Waals surface area (Å²) in [6, 6.07) is 6.21. The number of carbonyl (C=O) groups excluding carboxylic acids is 1. The third-order valence-corrected chi connectivity index (χ3v) is 9.52. The predicted molar refractivity (Wildman–Crippen MR) is 97.3 cm³/mol. The summed E-state index contributed by atoms with van der Waals surface area (Å²) in [6.45, 7) is 15.4. The topological polar surface area (TPSA) is 35.5 Å². The van der Waals surface area contributed by atoms with Gasteiger partial charge in [0.2, 0.25) is 8.32 Å². The second kappa shape index (κ2) is 6.15. The molecule has 1 unspecified atom stereocenters. The Bertz CT molecular complexity index is 626. The molecule has 0 aromatic heterocycles. The highest BCUT2D eigenvalue weighted by molar-refractivity contribution is 6.74. The van der Waals surface area contributed by atoms with Crippen molar-refractivity contribution in [2.45, 2.75) is 57.7 Å². The van der Waals surface area contributed by atoms with Crippen LogP contribution in [0.2, 0.25) is 18.1 Å². The Labute approximate surface area is 140 Å². The molecule has 0 spiro atoms. The molecule has 0 amide bonds. The van der Waals surface area contributed by atoms with E-state index in [1.165, 1.54) is 12.7 Å². The largest absolute Gasteiger partial charge is 0.543 e. The zero-order valence-corrected chi connectivity index (χ0v) is 16.2. The van der Waals surface area contributed by atoms with Gasteiger partial charge in [-0.1, -0.05) is 33.4 Å². The van der Waals surface area contributed by atoms with Crippen LogP contribution in [0.5, 0.6) is 5.75 Å². The molecular formula is C19H28O3Si. The molecule has 23 heavy (non-hydrogen) atoms. The molecule has 2 rings (SSSR count). The van der Waals surface area contributed by atoms with Crippen LogP contribution in [-0.4, -0.2) is 21.4 Å². The molecule has 0 fully saturated rings. The average molecular weight is 333 g/mol. The Hall–Kier alpha value is -1.55. The lowest BCUT2D eigenvalue weighted by atomic mass is 9.98. The van der Waals surface area contributed by atoms with Gasteiger partial charge in [-0.2, -0.15) is 0 Å². The molecule has 0 aliphatic heterocycles. The zero-order chi connectivity index (χ0) is 17.4. The molecule has 1 aliphatic rings. The van der Waals surface area contributed by atoms with Crippen LogP contribution in [0.15, 0.2) is 24.8 Å². The van der Waals surface area contributed by atoms with Crippen molar-refractivity contribution in [1.82, 2.24) is 0 Å². The molecule has 3 nitrogen and oxygen atoms in total. The minimum Gasteiger partial charge on any atom is -0.543 e. The van der Waals surface area contributed by atoms with Gasteiger partial charge in [0.25, 0.3) is 0 Å². The number of methoxy groups -OCH3 is 1. The summed E-state index contributed by atoms with van der Waals surface area (Å²) in [6.07, 6.45) is 1.22. The van der Waals surface area contributed by atoms with E-state index in [9.17, 15) is 4.79 Å². The Morgan fingerprint density at radius 2 is 2.00 bits per heavy atom. The number of hydrogen-bond acceptors (Lipinski definition) is 3. The SMILES string of the molecule is C=C1CC(CC(=O)OC)c2ccc(O[Si](C)(C)C(C)(C)C)cc21. The summed E-state index contributed by atoms with van der Waals surface area (Å²) in [5.74, 6) is 0.916. The summed E-state index contributed by atoms with van der Waals surface area (Å²) in [5.41, 5.74) is 3.40. The lowest BCUT2D eigenvalue weighted by Gasteiger charge is -2.36. The van der Waals surface area contributed by atoms with Gasteiger partial charge in [-0.25, -0.2) is 0 Å². The van der Waals surface area contributed by atoms with Crippen LogP contribution in [0.1, 0.15) is 50.7 Å². The van der Waals surface area contributed by atoms with Crippen molar-refractivity contribution in [2.24, 2.45) is 0 Å². The van der Waals surface area contributed by atoms with Gasteiger partial charge in [0, 0.05) is 0 Å². The van der Waals surface area contributed by atoms with Crippen molar-refractivity contribution >= 4 is 19.9 Å². The van der Waals surface area contributed by atoms with E-state index in [4.69, 9.17) is 9.16 Å². The Balaban J connectivity index is 2.25. The van der Waals surface area contributed by atoms with Gasteiger partial charge in [-0.3, -0.25) is 4.79 Å². The highest BCUT2D eigenvalue weighted by Gasteiger charge is 2.39. The minimum absolute atomic E-state index is 0.163. The molecule has 126 valence electrons. The highest BCUT2D eigenvalue weighted by atomic mass is 28.4. The number of benzene rings is 1. The smallest absolute Gasteiger partial charge is 0.306 e. The molecule has 1 aromatic rings. The first-order chi connectivity index (χ1) is 10.5. The van der Waals surface area contributed by atoms with Crippen molar-refractivity contribution < 1.29 is 14.0 Å². The van der Waals surface area contributed by atoms with E-state index >= 15 is 0 Å². The number of ether oxygens (including phenoxy) is 1. The lowest BCUT2D eigenvalue weighted by molar-refractivity contribution is -0.141. The van der Waals surface area contributed by atoms with Crippen LogP contribution in [0, 0.1) is 0 Å². The number of hydrogen-bond donors (Lipinski definition) is 0. The molecule has 0 heterocycles. The van der Waals surface area contributed by atoms with Crippen LogP contribution < -0.4 is 4.43 Å². The van der Waals surface area contributed by atoms with E-state index in [1.54, 1.807) is 0 Å². The molecule has 0 saturated heterocycles. The van der Waals surface area contributed by atoms with Crippen LogP contribution in [0.3, 0.4) is 0 Å². The second-order valence-electron chi connectivity index (χ2n) is 7.90. The van der Waals surface area contributed by atoms with E-state index < -0.39 is 8.32 Å². The van der Waals surface area contributed by atoms with Gasteiger partial charge < -0.3 is 9.16 Å². The van der Waals surface area contributed by atoms with Crippen molar-refractivity contribution in [3.05, 3.63) is 35.9 Å². The number of allylic oxidation sites excluding steroid dienone is 1. The molecule has 0 N–H and O–H groups in total. The van der Waals surface area contributed by atoms with Crippen molar-refractivity contribution in [3.63, 3.8) is 0 Å². The molecular weight excluding hydrogens is 304 g/mol. The fourth-order valence-corrected chi connectivity index (χ4v) is 3.72. The van der Waals surface area contributed by atoms with Crippen molar-refractivity contribution in [2.75, 3.05) is 7.11 Å². The third-order valence-electron chi connectivity index (χ3n) is 5.16. The molecule has 0 radical (unpaired) electrons. The summed E-state index contributed by atoms with van der Waals surface area (Å²) in [5, 5.41) is 0.163. The van der Waals surface area contributed by atoms with E-state index in [1.807, 2.05) is 6.07 Å². The molecule has 4 heteroatoms. The Morgan fingerprint density at radius 3 is 2.57 bits per heavy atom. The van der Waals surface area contributed by atoms with E-state index in [0.717, 1.165) is 23.3 Å². The Morgan fingerprint density at radius 1 is 1.35 bits per heavy atom. The number of rotatable bonds is 4. The lowest BCUT2D eigenvalue weighted by Crippen LogP contribution is -2.43. The fraction of sp³-hybridized carbons (Fsp3) is 0.526. The van der Waals surface area contributed by atoms with E-state index in [2.05, 4.69) is 52.6 Å². The summed E-state index contributed by atoms with van der Waals surface area (Å²) in [4.78, 5) is 11.6. The zero-order valence-electron chi connectivity index (χ0n) is 15.2. The second-order valence-corrected chi connectivity index (χ2v) is 12.6. The maximum Gasteiger partial charge on any atom is 0.306 e. The maximum atomic E-state index is 11.6. The third kappa shape index (κ3) is 3.69. The van der Waals surface area contributed by atoms with Gasteiger partial charge in [0.05, 0.1) is 13.5 Å². The quantitative estimate of drug-likeness (QED) is 0.566. The van der Waals surface area contributed by atoms with Gasteiger partial charge in [0.1, 0.15) is 5.75 Å². The molecule has 0 bridgehead atoms. The summed E-state index contributed by atoms with van der Waals surface area (Å²) < 4.78 is 11.2. The van der Waals surface area contributed by atoms with Crippen LogP contribution in [0.25, 0.3) is 5.57 Å². The molecule has 0 saturated carbocycles. The van der Waals surface area contributed by atoms with Gasteiger partial charge in [-0.05, 0) is 59.3 Å². The summed E-state index contributed by atoms with van der Waals surface area (Å²) in [7, 11) is -0.419. The number of esters is 1. The highest BCUT2D eigenvalue weighted by Crippen LogP contribution is 2.44. The normalized spacial score (nSPS) is 17.8. The first-order valence-electron chi connectivity index (χ1n) is 8.13. The van der Waals surface area contributed by atoms with Gasteiger partial charge in [-0.15, -0.1) is 0 Å². The van der Waals surface area contributed by atoms with Gasteiger partial charge >= 0.3 is 5.97 Å². The Kier molecular flexibility index (Phi) is 4.76. The standard InChI is InChI=1S/C19H28O3Si/c1-13-10-14(11-18(20)21-5)16-9-8-15(12-17(13)16)22-23(6,7)19(2,3)4/h8-9,12,14H,1,10-11H2,2-7H3. The molecule has 1 aliphatic carbocycles. The van der Waals surface area contributed by atoms with Crippen LogP contribution in [-0.2, 0) is 9.53 Å². The van der Waals surface area contributed by atoms with Crippen LogP contribution >= 0.6 is 0 Å². The average Bonchev–Trinajstić information content (AvgIpc) is 2.73. The fourth-order valence-electron chi connectivity index (χ4n) is 2.69. The monoisotopic (exact) mass is 332 g/mol. The van der Waals surface area contributed by atoms with Crippen molar-refractivity contribution in [3.8, 4) is 5.75 Å². The summed E-state index contributed by atoms with van der Waals surface area (Å²) >= 11 is 0. The van der Waals surface area contributed by atoms with E-state index in [-0.39, 0.29) is 16.9 Å². The first kappa shape index (κ1) is 17.8. The van der Waals surface area contributed by atoms with Crippen LogP contribution in [0.4, 0.5) is 0 Å². The number of carbonyl (C=O) groups is 1. The van der Waals surface area contributed by atoms with Gasteiger partial charge in [0.15, 0.2) is 0 Å². The number of fused-ring (bicyclic) bond motifs is 1.